The zero-order valence-corrected chi connectivity index (χ0v) is 10.8. The fourth-order valence-electron chi connectivity index (χ4n) is 1.29. The molecule has 100 valence electrons. The van der Waals surface area contributed by atoms with Gasteiger partial charge in [-0.2, -0.15) is 13.2 Å². The molecular formula is C12H15F3N2S. The van der Waals surface area contributed by atoms with Crippen LogP contribution in [0.5, 0.6) is 0 Å². The van der Waals surface area contributed by atoms with Crippen LogP contribution in [-0.4, -0.2) is 11.7 Å². The number of hydrogen-bond acceptors (Lipinski definition) is 1. The van der Waals surface area contributed by atoms with E-state index in [4.69, 9.17) is 12.2 Å². The molecule has 0 aromatic heterocycles. The average Bonchev–Trinajstić information content (AvgIpc) is 2.33. The van der Waals surface area contributed by atoms with Crippen molar-refractivity contribution in [1.29, 1.82) is 0 Å². The van der Waals surface area contributed by atoms with Gasteiger partial charge in [0.1, 0.15) is 0 Å². The van der Waals surface area contributed by atoms with E-state index in [2.05, 4.69) is 10.6 Å². The van der Waals surface area contributed by atoms with Crippen LogP contribution in [0.4, 0.5) is 13.2 Å². The number of benzene rings is 1. The van der Waals surface area contributed by atoms with Crippen molar-refractivity contribution in [3.63, 3.8) is 0 Å². The third kappa shape index (κ3) is 4.91. The van der Waals surface area contributed by atoms with Gasteiger partial charge in [0.25, 0.3) is 0 Å². The van der Waals surface area contributed by atoms with Gasteiger partial charge in [-0.05, 0) is 36.3 Å². The van der Waals surface area contributed by atoms with Crippen molar-refractivity contribution < 1.29 is 13.2 Å². The number of hydrogen-bond donors (Lipinski definition) is 2. The summed E-state index contributed by atoms with van der Waals surface area (Å²) in [5, 5.41) is 6.42. The Hall–Kier alpha value is -1.30. The van der Waals surface area contributed by atoms with Gasteiger partial charge in [0.15, 0.2) is 5.11 Å². The SMILES string of the molecule is CCCNC(=S)NCc1ccc(C(F)(F)F)cc1. The molecule has 2 N–H and O–H groups in total. The highest BCUT2D eigenvalue weighted by atomic mass is 32.1. The Morgan fingerprint density at radius 2 is 1.78 bits per heavy atom. The van der Waals surface area contributed by atoms with Crippen molar-refractivity contribution >= 4 is 17.3 Å². The minimum absolute atomic E-state index is 0.410. The molecule has 0 aliphatic rings. The van der Waals surface area contributed by atoms with Gasteiger partial charge in [0, 0.05) is 13.1 Å². The number of thiocarbonyl (C=S) groups is 1. The molecule has 1 aromatic carbocycles. The maximum atomic E-state index is 12.3. The summed E-state index contributed by atoms with van der Waals surface area (Å²) in [7, 11) is 0. The minimum atomic E-state index is -4.29. The van der Waals surface area contributed by atoms with Gasteiger partial charge in [-0.3, -0.25) is 0 Å². The van der Waals surface area contributed by atoms with Crippen LogP contribution < -0.4 is 10.6 Å². The third-order valence-corrected chi connectivity index (χ3v) is 2.56. The molecule has 0 radical (unpaired) electrons. The molecule has 6 heteroatoms. The molecule has 1 rings (SSSR count). The third-order valence-electron chi connectivity index (χ3n) is 2.27. The van der Waals surface area contributed by atoms with Gasteiger partial charge < -0.3 is 10.6 Å². The largest absolute Gasteiger partial charge is 0.416 e. The summed E-state index contributed by atoms with van der Waals surface area (Å²) in [5.74, 6) is 0. The van der Waals surface area contributed by atoms with E-state index in [9.17, 15) is 13.2 Å². The lowest BCUT2D eigenvalue weighted by Crippen LogP contribution is -2.35. The molecule has 1 aromatic rings. The summed E-state index contributed by atoms with van der Waals surface area (Å²) in [6.07, 6.45) is -3.33. The molecule has 0 aliphatic carbocycles. The van der Waals surface area contributed by atoms with Gasteiger partial charge in [0.05, 0.1) is 5.56 Å². The summed E-state index contributed by atoms with van der Waals surface area (Å²) in [6, 6.07) is 5.02. The van der Waals surface area contributed by atoms with E-state index in [1.165, 1.54) is 12.1 Å². The summed E-state index contributed by atoms with van der Waals surface area (Å²) in [4.78, 5) is 0. The fourth-order valence-corrected chi connectivity index (χ4v) is 1.47. The Balaban J connectivity index is 2.47. The van der Waals surface area contributed by atoms with Gasteiger partial charge >= 0.3 is 6.18 Å². The number of rotatable bonds is 4. The van der Waals surface area contributed by atoms with Crippen LogP contribution in [0.25, 0.3) is 0 Å². The first-order valence-electron chi connectivity index (χ1n) is 5.61. The standard InChI is InChI=1S/C12H15F3N2S/c1-2-7-16-11(18)17-8-9-3-5-10(6-4-9)12(13,14)15/h3-6H,2,7-8H2,1H3,(H2,16,17,18). The van der Waals surface area contributed by atoms with Crippen LogP contribution in [0.3, 0.4) is 0 Å². The minimum Gasteiger partial charge on any atom is -0.363 e. The lowest BCUT2D eigenvalue weighted by molar-refractivity contribution is -0.137. The molecule has 0 saturated heterocycles. The van der Waals surface area contributed by atoms with Crippen LogP contribution in [-0.2, 0) is 12.7 Å². The second-order valence-corrected chi connectivity index (χ2v) is 4.21. The molecule has 0 unspecified atom stereocenters. The smallest absolute Gasteiger partial charge is 0.363 e. The van der Waals surface area contributed by atoms with Crippen LogP contribution in [0, 0.1) is 0 Å². The maximum Gasteiger partial charge on any atom is 0.416 e. The van der Waals surface area contributed by atoms with Crippen LogP contribution in [0.2, 0.25) is 0 Å². The fraction of sp³-hybridized carbons (Fsp3) is 0.417. The molecule has 0 saturated carbocycles. The first-order valence-corrected chi connectivity index (χ1v) is 6.02. The van der Waals surface area contributed by atoms with Crippen LogP contribution in [0.1, 0.15) is 24.5 Å². The maximum absolute atomic E-state index is 12.3. The van der Waals surface area contributed by atoms with E-state index in [-0.39, 0.29) is 0 Å². The highest BCUT2D eigenvalue weighted by Gasteiger charge is 2.29. The Labute approximate surface area is 110 Å². The first kappa shape index (κ1) is 14.8. The molecule has 0 spiro atoms. The zero-order valence-electron chi connectivity index (χ0n) is 9.97. The van der Waals surface area contributed by atoms with Gasteiger partial charge in [-0.15, -0.1) is 0 Å². The van der Waals surface area contributed by atoms with Crippen molar-refractivity contribution in [2.45, 2.75) is 26.1 Å². The molecule has 0 heterocycles. The first-order chi connectivity index (χ1) is 8.43. The van der Waals surface area contributed by atoms with Crippen molar-refractivity contribution in [2.24, 2.45) is 0 Å². The molecule has 0 atom stereocenters. The average molecular weight is 276 g/mol. The van der Waals surface area contributed by atoms with Crippen molar-refractivity contribution in [3.8, 4) is 0 Å². The Morgan fingerprint density at radius 1 is 1.17 bits per heavy atom. The van der Waals surface area contributed by atoms with Gasteiger partial charge in [0.2, 0.25) is 0 Å². The summed E-state index contributed by atoms with van der Waals surface area (Å²) in [5.41, 5.74) is 0.113. The quantitative estimate of drug-likeness (QED) is 0.826. The van der Waals surface area contributed by atoms with Crippen LogP contribution in [0.15, 0.2) is 24.3 Å². The predicted octanol–water partition coefficient (Wildman–Crippen LogP) is 3.08. The lowest BCUT2D eigenvalue weighted by Gasteiger charge is -2.11. The Kier molecular flexibility index (Phi) is 5.40. The second kappa shape index (κ2) is 6.58. The highest BCUT2D eigenvalue weighted by molar-refractivity contribution is 7.80. The molecule has 18 heavy (non-hydrogen) atoms. The summed E-state index contributed by atoms with van der Waals surface area (Å²) >= 11 is 5.00. The normalized spacial score (nSPS) is 11.1. The van der Waals surface area contributed by atoms with E-state index in [0.29, 0.717) is 11.7 Å². The number of nitrogens with one attached hydrogen (secondary N) is 2. The van der Waals surface area contributed by atoms with Crippen molar-refractivity contribution in [2.75, 3.05) is 6.54 Å². The van der Waals surface area contributed by atoms with Crippen molar-refractivity contribution in [1.82, 2.24) is 10.6 Å². The Bertz CT molecular complexity index is 387. The van der Waals surface area contributed by atoms with E-state index in [1.807, 2.05) is 6.92 Å². The Morgan fingerprint density at radius 3 is 2.28 bits per heavy atom. The molecule has 0 fully saturated rings. The number of halogens is 3. The zero-order chi connectivity index (χ0) is 13.6. The molecule has 2 nitrogen and oxygen atoms in total. The second-order valence-electron chi connectivity index (χ2n) is 3.80. The van der Waals surface area contributed by atoms with E-state index >= 15 is 0 Å². The summed E-state index contributed by atoms with van der Waals surface area (Å²) in [6.45, 7) is 3.21. The summed E-state index contributed by atoms with van der Waals surface area (Å²) < 4.78 is 37.0. The molecule has 0 amide bonds. The monoisotopic (exact) mass is 276 g/mol. The molecular weight excluding hydrogens is 261 g/mol. The molecule has 0 aliphatic heterocycles. The van der Waals surface area contributed by atoms with E-state index in [0.717, 1.165) is 30.7 Å². The predicted molar refractivity (Wildman–Crippen MR) is 69.2 cm³/mol. The van der Waals surface area contributed by atoms with E-state index in [1.54, 1.807) is 0 Å². The number of alkyl halides is 3. The lowest BCUT2D eigenvalue weighted by atomic mass is 10.1. The van der Waals surface area contributed by atoms with Crippen molar-refractivity contribution in [3.05, 3.63) is 35.4 Å². The van der Waals surface area contributed by atoms with E-state index < -0.39 is 11.7 Å². The van der Waals surface area contributed by atoms with Crippen LogP contribution >= 0.6 is 12.2 Å². The van der Waals surface area contributed by atoms with Gasteiger partial charge in [-0.25, -0.2) is 0 Å². The molecule has 0 bridgehead atoms. The highest BCUT2D eigenvalue weighted by Crippen LogP contribution is 2.28. The topological polar surface area (TPSA) is 24.1 Å². The van der Waals surface area contributed by atoms with Gasteiger partial charge in [-0.1, -0.05) is 19.1 Å².